The Morgan fingerprint density at radius 1 is 1.60 bits per heavy atom. The summed E-state index contributed by atoms with van der Waals surface area (Å²) in [6.45, 7) is 5.42. The molecule has 0 spiro atoms. The van der Waals surface area contributed by atoms with Crippen LogP contribution >= 0.6 is 0 Å². The molecule has 1 fully saturated rings. The molecule has 0 amide bonds. The van der Waals surface area contributed by atoms with Crippen molar-refractivity contribution in [1.29, 1.82) is 0 Å². The van der Waals surface area contributed by atoms with Crippen molar-refractivity contribution in [3.63, 3.8) is 0 Å². The van der Waals surface area contributed by atoms with Gasteiger partial charge in [0.25, 0.3) is 0 Å². The summed E-state index contributed by atoms with van der Waals surface area (Å²) < 4.78 is 5.15. The fourth-order valence-corrected chi connectivity index (χ4v) is 1.77. The lowest BCUT2D eigenvalue weighted by molar-refractivity contribution is -0.160. The van der Waals surface area contributed by atoms with Crippen molar-refractivity contribution in [1.82, 2.24) is 0 Å². The van der Waals surface area contributed by atoms with Crippen LogP contribution in [0.25, 0.3) is 0 Å². The lowest BCUT2D eigenvalue weighted by atomic mass is 9.90. The van der Waals surface area contributed by atoms with Gasteiger partial charge in [0.05, 0.1) is 5.92 Å². The average molecular weight is 212 g/mol. The molecule has 1 N–H and O–H groups in total. The summed E-state index contributed by atoms with van der Waals surface area (Å²) >= 11 is 0. The standard InChI is InChI=1S/C11H16O4/c1-3-4-8-5-6-9(11(14)15-8)7(2)10(12)13/h8-9H,2-6H2,1H3,(H,12,13). The zero-order chi connectivity index (χ0) is 11.4. The van der Waals surface area contributed by atoms with E-state index in [0.29, 0.717) is 6.42 Å². The minimum Gasteiger partial charge on any atom is -0.478 e. The summed E-state index contributed by atoms with van der Waals surface area (Å²) in [5.74, 6) is -2.21. The van der Waals surface area contributed by atoms with Crippen LogP contribution in [-0.2, 0) is 14.3 Å². The van der Waals surface area contributed by atoms with Gasteiger partial charge in [0.15, 0.2) is 0 Å². The highest BCUT2D eigenvalue weighted by atomic mass is 16.5. The third kappa shape index (κ3) is 2.81. The number of aliphatic carboxylic acids is 1. The third-order valence-electron chi connectivity index (χ3n) is 2.65. The Bertz CT molecular complexity index is 282. The van der Waals surface area contributed by atoms with Gasteiger partial charge in [-0.25, -0.2) is 4.79 Å². The van der Waals surface area contributed by atoms with Gasteiger partial charge >= 0.3 is 11.9 Å². The number of rotatable bonds is 4. The Morgan fingerprint density at radius 3 is 2.73 bits per heavy atom. The van der Waals surface area contributed by atoms with Crippen molar-refractivity contribution in [2.45, 2.75) is 38.7 Å². The van der Waals surface area contributed by atoms with Crippen LogP contribution in [0.3, 0.4) is 0 Å². The summed E-state index contributed by atoms with van der Waals surface area (Å²) in [4.78, 5) is 22.1. The number of carbonyl (C=O) groups is 2. The van der Waals surface area contributed by atoms with Gasteiger partial charge in [-0.3, -0.25) is 4.79 Å². The van der Waals surface area contributed by atoms with E-state index in [-0.39, 0.29) is 11.7 Å². The van der Waals surface area contributed by atoms with Crippen molar-refractivity contribution in [2.75, 3.05) is 0 Å². The number of carboxylic acids is 1. The van der Waals surface area contributed by atoms with E-state index in [4.69, 9.17) is 9.84 Å². The zero-order valence-electron chi connectivity index (χ0n) is 8.86. The molecule has 0 aliphatic carbocycles. The van der Waals surface area contributed by atoms with Gasteiger partial charge in [-0.05, 0) is 19.3 Å². The maximum atomic E-state index is 11.5. The monoisotopic (exact) mass is 212 g/mol. The number of cyclic esters (lactones) is 1. The minimum atomic E-state index is -1.12. The molecule has 0 aromatic carbocycles. The van der Waals surface area contributed by atoms with Gasteiger partial charge in [-0.2, -0.15) is 0 Å². The smallest absolute Gasteiger partial charge is 0.331 e. The highest BCUT2D eigenvalue weighted by molar-refractivity contribution is 5.93. The molecule has 1 saturated heterocycles. The summed E-state index contributed by atoms with van der Waals surface area (Å²) in [7, 11) is 0. The molecule has 4 nitrogen and oxygen atoms in total. The number of hydrogen-bond donors (Lipinski definition) is 1. The van der Waals surface area contributed by atoms with Crippen molar-refractivity contribution in [3.05, 3.63) is 12.2 Å². The van der Waals surface area contributed by atoms with E-state index < -0.39 is 17.9 Å². The molecule has 0 bridgehead atoms. The first kappa shape index (κ1) is 11.8. The van der Waals surface area contributed by atoms with E-state index in [1.807, 2.05) is 6.92 Å². The Hall–Kier alpha value is -1.32. The van der Waals surface area contributed by atoms with E-state index in [9.17, 15) is 9.59 Å². The first-order valence-electron chi connectivity index (χ1n) is 5.18. The SMILES string of the molecule is C=C(C(=O)O)C1CCC(CCC)OC1=O. The average Bonchev–Trinajstić information content (AvgIpc) is 2.17. The molecule has 0 aromatic heterocycles. The summed E-state index contributed by atoms with van der Waals surface area (Å²) in [6.07, 6.45) is 3.03. The van der Waals surface area contributed by atoms with Gasteiger partial charge in [0.1, 0.15) is 6.10 Å². The van der Waals surface area contributed by atoms with Crippen LogP contribution in [0.5, 0.6) is 0 Å². The van der Waals surface area contributed by atoms with Crippen LogP contribution in [0.4, 0.5) is 0 Å². The molecule has 2 unspecified atom stereocenters. The second-order valence-electron chi connectivity index (χ2n) is 3.81. The number of carboxylic acid groups (broad SMARTS) is 1. The molecule has 4 heteroatoms. The minimum absolute atomic E-state index is 0.0413. The van der Waals surface area contributed by atoms with Gasteiger partial charge in [-0.1, -0.05) is 19.9 Å². The Balaban J connectivity index is 2.56. The van der Waals surface area contributed by atoms with E-state index in [0.717, 1.165) is 19.3 Å². The number of carbonyl (C=O) groups excluding carboxylic acids is 1. The quantitative estimate of drug-likeness (QED) is 0.569. The Morgan fingerprint density at radius 2 is 2.27 bits per heavy atom. The second kappa shape index (κ2) is 4.96. The van der Waals surface area contributed by atoms with E-state index in [2.05, 4.69) is 6.58 Å². The highest BCUT2D eigenvalue weighted by Gasteiger charge is 2.33. The predicted molar refractivity (Wildman–Crippen MR) is 54.3 cm³/mol. The molecule has 15 heavy (non-hydrogen) atoms. The first-order chi connectivity index (χ1) is 7.06. The van der Waals surface area contributed by atoms with Crippen LogP contribution in [0.1, 0.15) is 32.6 Å². The third-order valence-corrected chi connectivity index (χ3v) is 2.65. The molecule has 1 aliphatic rings. The van der Waals surface area contributed by atoms with Gasteiger partial charge in [0.2, 0.25) is 0 Å². The maximum absolute atomic E-state index is 11.5. The van der Waals surface area contributed by atoms with E-state index in [1.54, 1.807) is 0 Å². The molecule has 1 heterocycles. The van der Waals surface area contributed by atoms with Crippen LogP contribution in [-0.4, -0.2) is 23.1 Å². The van der Waals surface area contributed by atoms with Crippen molar-refractivity contribution in [2.24, 2.45) is 5.92 Å². The van der Waals surface area contributed by atoms with Gasteiger partial charge in [-0.15, -0.1) is 0 Å². The summed E-state index contributed by atoms with van der Waals surface area (Å²) in [6, 6.07) is 0. The summed E-state index contributed by atoms with van der Waals surface area (Å²) in [5, 5.41) is 8.71. The van der Waals surface area contributed by atoms with Crippen molar-refractivity contribution < 1.29 is 19.4 Å². The number of hydrogen-bond acceptors (Lipinski definition) is 3. The Labute approximate surface area is 88.9 Å². The molecule has 2 atom stereocenters. The fourth-order valence-electron chi connectivity index (χ4n) is 1.77. The second-order valence-corrected chi connectivity index (χ2v) is 3.81. The Kier molecular flexibility index (Phi) is 3.88. The number of ether oxygens (including phenoxy) is 1. The lowest BCUT2D eigenvalue weighted by Crippen LogP contribution is -2.33. The molecule has 0 aromatic rings. The summed E-state index contributed by atoms with van der Waals surface area (Å²) in [5.41, 5.74) is -0.0602. The molecular formula is C11H16O4. The van der Waals surface area contributed by atoms with Crippen LogP contribution < -0.4 is 0 Å². The first-order valence-corrected chi connectivity index (χ1v) is 5.18. The van der Waals surface area contributed by atoms with Crippen LogP contribution in [0.15, 0.2) is 12.2 Å². The van der Waals surface area contributed by atoms with Gasteiger partial charge in [0, 0.05) is 5.57 Å². The molecule has 84 valence electrons. The van der Waals surface area contributed by atoms with Crippen molar-refractivity contribution >= 4 is 11.9 Å². The molecule has 1 aliphatic heterocycles. The van der Waals surface area contributed by atoms with Crippen molar-refractivity contribution in [3.8, 4) is 0 Å². The molecule has 0 radical (unpaired) electrons. The number of esters is 1. The largest absolute Gasteiger partial charge is 0.478 e. The molecule has 1 rings (SSSR count). The van der Waals surface area contributed by atoms with Gasteiger partial charge < -0.3 is 9.84 Å². The zero-order valence-corrected chi connectivity index (χ0v) is 8.86. The topological polar surface area (TPSA) is 63.6 Å². The van der Waals surface area contributed by atoms with E-state index in [1.165, 1.54) is 0 Å². The predicted octanol–water partition coefficient (Wildman–Crippen LogP) is 1.75. The highest BCUT2D eigenvalue weighted by Crippen LogP contribution is 2.27. The molecular weight excluding hydrogens is 196 g/mol. The fraction of sp³-hybridized carbons (Fsp3) is 0.636. The normalized spacial score (nSPS) is 25.8. The van der Waals surface area contributed by atoms with Crippen LogP contribution in [0.2, 0.25) is 0 Å². The molecule has 0 saturated carbocycles. The lowest BCUT2D eigenvalue weighted by Gasteiger charge is -2.27. The maximum Gasteiger partial charge on any atom is 0.331 e. The van der Waals surface area contributed by atoms with E-state index >= 15 is 0 Å². The van der Waals surface area contributed by atoms with Crippen LogP contribution in [0, 0.1) is 5.92 Å².